The van der Waals surface area contributed by atoms with Crippen LogP contribution in [0, 0.1) is 17.3 Å². The molecule has 2 unspecified atom stereocenters. The van der Waals surface area contributed by atoms with Gasteiger partial charge in [0.15, 0.2) is 5.34 Å². The van der Waals surface area contributed by atoms with Crippen molar-refractivity contribution in [2.24, 2.45) is 17.3 Å². The molecule has 0 saturated carbocycles. The van der Waals surface area contributed by atoms with Crippen LogP contribution >= 0.6 is 17.0 Å². The fraction of sp³-hybridized carbons (Fsp3) is 1.00. The van der Waals surface area contributed by atoms with Crippen molar-refractivity contribution in [3.05, 3.63) is 0 Å². The summed E-state index contributed by atoms with van der Waals surface area (Å²) in [4.78, 5) is 40.2. The highest BCUT2D eigenvalue weighted by atomic mass is 31.2. The lowest BCUT2D eigenvalue weighted by Gasteiger charge is -2.50. The third-order valence-electron chi connectivity index (χ3n) is 7.09. The summed E-state index contributed by atoms with van der Waals surface area (Å²) in [5.74, 6) is 1.32. The zero-order valence-corrected chi connectivity index (χ0v) is 24.3. The number of unbranched alkanes of at least 4 members (excludes halogenated alkanes) is 8. The van der Waals surface area contributed by atoms with Gasteiger partial charge >= 0.3 is 8.60 Å². The van der Waals surface area contributed by atoms with Crippen molar-refractivity contribution in [3.63, 3.8) is 0 Å². The highest BCUT2D eigenvalue weighted by molar-refractivity contribution is 7.48. The molecule has 0 bridgehead atoms. The van der Waals surface area contributed by atoms with E-state index in [1.165, 1.54) is 6.42 Å². The molecule has 0 radical (unpaired) electrons. The van der Waals surface area contributed by atoms with Crippen molar-refractivity contribution >= 4 is 17.0 Å². The second-order valence-electron chi connectivity index (χ2n) is 10.8. The average Bonchev–Trinajstić information content (AvgIpc) is 2.77. The first-order chi connectivity index (χ1) is 16.5. The standard InChI is InChI=1S/C25H54O8P2/c1-21(2)15-11-7-5-9-13-17-23(28)24(19-26,20-27)25(34(29)30,33-35(31)32)18-14-10-6-8-12-16-22(3)4/h21-23,26-32H,5-20H2,1-4H3. The maximum atomic E-state index is 11.1. The third-order valence-corrected chi connectivity index (χ3v) is 9.12. The van der Waals surface area contributed by atoms with Gasteiger partial charge in [-0.2, -0.15) is 0 Å². The lowest BCUT2D eigenvalue weighted by Crippen LogP contribution is -2.59. The smallest absolute Gasteiger partial charge is 0.328 e. The fourth-order valence-electron chi connectivity index (χ4n) is 4.77. The molecule has 10 heteroatoms. The maximum Gasteiger partial charge on any atom is 0.328 e. The van der Waals surface area contributed by atoms with Crippen LogP contribution in [-0.2, 0) is 4.52 Å². The van der Waals surface area contributed by atoms with Crippen LogP contribution in [0.15, 0.2) is 0 Å². The minimum Gasteiger partial charge on any atom is -0.395 e. The van der Waals surface area contributed by atoms with Gasteiger partial charge in [0.2, 0.25) is 8.38 Å². The van der Waals surface area contributed by atoms with E-state index in [1.807, 2.05) is 0 Å². The van der Waals surface area contributed by atoms with E-state index in [1.54, 1.807) is 0 Å². The molecular weight excluding hydrogens is 490 g/mol. The molecular formula is C25H54O8P2. The monoisotopic (exact) mass is 544 g/mol. The number of hydrogen-bond acceptors (Lipinski definition) is 8. The summed E-state index contributed by atoms with van der Waals surface area (Å²) in [5.41, 5.74) is -1.84. The molecule has 212 valence electrons. The highest BCUT2D eigenvalue weighted by Crippen LogP contribution is 2.62. The number of aliphatic hydroxyl groups is 3. The molecule has 0 aromatic heterocycles. The Hall–Kier alpha value is 0.540. The van der Waals surface area contributed by atoms with E-state index in [2.05, 4.69) is 27.7 Å². The Bertz CT molecular complexity index is 504. The molecule has 0 heterocycles. The molecule has 0 aromatic rings. The van der Waals surface area contributed by atoms with Gasteiger partial charge in [-0.15, -0.1) is 0 Å². The highest BCUT2D eigenvalue weighted by Gasteiger charge is 2.61. The molecule has 0 aliphatic heterocycles. The molecule has 0 aliphatic rings. The van der Waals surface area contributed by atoms with Crippen LogP contribution < -0.4 is 0 Å². The van der Waals surface area contributed by atoms with Crippen molar-refractivity contribution < 1.29 is 39.4 Å². The Kier molecular flexibility index (Phi) is 19.9. The topological polar surface area (TPSA) is 151 Å². The first-order valence-electron chi connectivity index (χ1n) is 13.4. The van der Waals surface area contributed by atoms with E-state index >= 15 is 0 Å². The fourth-order valence-corrected chi connectivity index (χ4v) is 6.87. The summed E-state index contributed by atoms with van der Waals surface area (Å²) in [5, 5.41) is 29.7. The van der Waals surface area contributed by atoms with Gasteiger partial charge in [0.1, 0.15) is 0 Å². The molecule has 0 aromatic carbocycles. The Balaban J connectivity index is 5.27. The largest absolute Gasteiger partial charge is 0.395 e. The average molecular weight is 545 g/mol. The van der Waals surface area contributed by atoms with Crippen LogP contribution in [-0.4, -0.2) is 59.6 Å². The van der Waals surface area contributed by atoms with Crippen molar-refractivity contribution in [2.45, 2.75) is 129 Å². The Morgan fingerprint density at radius 1 is 0.629 bits per heavy atom. The zero-order valence-electron chi connectivity index (χ0n) is 22.5. The summed E-state index contributed by atoms with van der Waals surface area (Å²) in [7, 11) is -6.01. The van der Waals surface area contributed by atoms with Gasteiger partial charge in [0, 0.05) is 0 Å². The van der Waals surface area contributed by atoms with E-state index in [0.29, 0.717) is 24.7 Å². The van der Waals surface area contributed by atoms with Crippen LogP contribution in [0.4, 0.5) is 0 Å². The van der Waals surface area contributed by atoms with E-state index in [4.69, 9.17) is 4.52 Å². The molecule has 0 spiro atoms. The predicted octanol–water partition coefficient (Wildman–Crippen LogP) is 5.31. The Morgan fingerprint density at radius 2 is 1.03 bits per heavy atom. The molecule has 7 N–H and O–H groups in total. The summed E-state index contributed by atoms with van der Waals surface area (Å²) in [6.45, 7) is 7.19. The second-order valence-corrected chi connectivity index (χ2v) is 12.8. The molecule has 0 saturated heterocycles. The van der Waals surface area contributed by atoms with Crippen LogP contribution in [0.25, 0.3) is 0 Å². The van der Waals surface area contributed by atoms with E-state index in [-0.39, 0.29) is 12.8 Å². The van der Waals surface area contributed by atoms with Gasteiger partial charge in [0.25, 0.3) is 0 Å². The quantitative estimate of drug-likeness (QED) is 0.0675. The van der Waals surface area contributed by atoms with Gasteiger partial charge in [-0.3, -0.25) is 4.52 Å². The van der Waals surface area contributed by atoms with Gasteiger partial charge < -0.3 is 34.9 Å². The first-order valence-corrected chi connectivity index (χ1v) is 15.8. The number of rotatable bonds is 23. The van der Waals surface area contributed by atoms with Gasteiger partial charge in [-0.1, -0.05) is 98.3 Å². The van der Waals surface area contributed by atoms with E-state index in [9.17, 15) is 34.9 Å². The zero-order chi connectivity index (χ0) is 26.9. The minimum atomic E-state index is -3.02. The van der Waals surface area contributed by atoms with Crippen molar-refractivity contribution in [1.29, 1.82) is 0 Å². The second kappa shape index (κ2) is 19.6. The summed E-state index contributed by atoms with van der Waals surface area (Å²) < 4.78 is 5.33. The molecule has 0 fully saturated rings. The first kappa shape index (κ1) is 35.5. The Morgan fingerprint density at radius 3 is 1.40 bits per heavy atom. The van der Waals surface area contributed by atoms with Crippen LogP contribution in [0.2, 0.25) is 0 Å². The number of hydrogen-bond donors (Lipinski definition) is 7. The minimum absolute atomic E-state index is 0.0246. The van der Waals surface area contributed by atoms with E-state index in [0.717, 1.165) is 57.8 Å². The SMILES string of the molecule is CC(C)CCCCCCCC(O)C(CO)(CO)C(CCCCCCCC(C)C)(OP(O)O)P(O)O. The molecule has 35 heavy (non-hydrogen) atoms. The third kappa shape index (κ3) is 12.8. The van der Waals surface area contributed by atoms with Gasteiger partial charge in [-0.05, 0) is 31.1 Å². The lowest BCUT2D eigenvalue weighted by molar-refractivity contribution is -0.146. The Labute approximate surface area is 216 Å². The van der Waals surface area contributed by atoms with Crippen molar-refractivity contribution in [1.82, 2.24) is 0 Å². The van der Waals surface area contributed by atoms with Crippen LogP contribution in [0.1, 0.15) is 118 Å². The van der Waals surface area contributed by atoms with Crippen LogP contribution in [0.3, 0.4) is 0 Å². The molecule has 0 rings (SSSR count). The van der Waals surface area contributed by atoms with E-state index < -0.39 is 47.1 Å². The maximum absolute atomic E-state index is 11.1. The van der Waals surface area contributed by atoms with Gasteiger partial charge in [-0.25, -0.2) is 0 Å². The summed E-state index contributed by atoms with van der Waals surface area (Å²) in [6, 6.07) is 0. The molecule has 2 atom stereocenters. The summed E-state index contributed by atoms with van der Waals surface area (Å²) in [6.07, 6.45) is 10.3. The summed E-state index contributed by atoms with van der Waals surface area (Å²) >= 11 is 0. The predicted molar refractivity (Wildman–Crippen MR) is 143 cm³/mol. The lowest BCUT2D eigenvalue weighted by atomic mass is 9.73. The van der Waals surface area contributed by atoms with Crippen molar-refractivity contribution in [2.75, 3.05) is 13.2 Å². The number of aliphatic hydroxyl groups excluding tert-OH is 3. The van der Waals surface area contributed by atoms with Gasteiger partial charge in [0.05, 0.1) is 24.7 Å². The molecule has 0 amide bonds. The molecule has 8 nitrogen and oxygen atoms in total. The van der Waals surface area contributed by atoms with Crippen molar-refractivity contribution in [3.8, 4) is 0 Å². The van der Waals surface area contributed by atoms with Crippen LogP contribution in [0.5, 0.6) is 0 Å². The molecule has 0 aliphatic carbocycles. The normalized spacial score (nSPS) is 15.5.